The van der Waals surface area contributed by atoms with Gasteiger partial charge in [-0.3, -0.25) is 4.90 Å². The summed E-state index contributed by atoms with van der Waals surface area (Å²) in [6, 6.07) is 5.94. The summed E-state index contributed by atoms with van der Waals surface area (Å²) in [5.41, 5.74) is 1.58. The van der Waals surface area contributed by atoms with Crippen molar-refractivity contribution in [3.05, 3.63) is 29.3 Å². The van der Waals surface area contributed by atoms with Gasteiger partial charge in [-0.1, -0.05) is 18.2 Å². The first-order valence-electron chi connectivity index (χ1n) is 7.67. The molecule has 5 heteroatoms. The SMILES string of the molecule is COc1c(C)cccc1C1CNCCN1C(=O)OC(C)(C)C. The zero-order valence-electron chi connectivity index (χ0n) is 14.1. The van der Waals surface area contributed by atoms with Crippen molar-refractivity contribution in [3.63, 3.8) is 0 Å². The summed E-state index contributed by atoms with van der Waals surface area (Å²) >= 11 is 0. The molecular formula is C17H26N2O3. The van der Waals surface area contributed by atoms with Gasteiger partial charge in [-0.2, -0.15) is 0 Å². The fourth-order valence-corrected chi connectivity index (χ4v) is 2.74. The molecule has 1 saturated heterocycles. The molecule has 5 nitrogen and oxygen atoms in total. The number of methoxy groups -OCH3 is 1. The molecule has 0 aliphatic carbocycles. The van der Waals surface area contributed by atoms with Gasteiger partial charge < -0.3 is 14.8 Å². The van der Waals surface area contributed by atoms with Gasteiger partial charge >= 0.3 is 6.09 Å². The predicted octanol–water partition coefficient (Wildman–Crippen LogP) is 2.89. The van der Waals surface area contributed by atoms with Crippen LogP contribution in [0.1, 0.15) is 37.9 Å². The molecule has 22 heavy (non-hydrogen) atoms. The van der Waals surface area contributed by atoms with Crippen LogP contribution < -0.4 is 10.1 Å². The number of rotatable bonds is 2. The predicted molar refractivity (Wildman–Crippen MR) is 86.3 cm³/mol. The quantitative estimate of drug-likeness (QED) is 0.913. The van der Waals surface area contributed by atoms with Crippen molar-refractivity contribution in [2.24, 2.45) is 0 Å². The number of para-hydroxylation sites is 1. The summed E-state index contributed by atoms with van der Waals surface area (Å²) in [6.45, 7) is 9.75. The summed E-state index contributed by atoms with van der Waals surface area (Å²) in [7, 11) is 1.67. The Hall–Kier alpha value is -1.75. The van der Waals surface area contributed by atoms with Gasteiger partial charge in [-0.15, -0.1) is 0 Å². The fraction of sp³-hybridized carbons (Fsp3) is 0.588. The third-order valence-corrected chi connectivity index (χ3v) is 3.68. The number of amides is 1. The molecule has 1 fully saturated rings. The molecule has 1 aromatic rings. The molecule has 1 amide bonds. The van der Waals surface area contributed by atoms with Crippen molar-refractivity contribution in [1.29, 1.82) is 0 Å². The van der Waals surface area contributed by atoms with E-state index in [9.17, 15) is 4.79 Å². The van der Waals surface area contributed by atoms with Gasteiger partial charge in [-0.05, 0) is 33.3 Å². The minimum Gasteiger partial charge on any atom is -0.496 e. The van der Waals surface area contributed by atoms with E-state index in [0.717, 1.165) is 23.4 Å². The summed E-state index contributed by atoms with van der Waals surface area (Å²) < 4.78 is 11.1. The average Bonchev–Trinajstić information content (AvgIpc) is 2.45. The van der Waals surface area contributed by atoms with Crippen LogP contribution in [0.15, 0.2) is 18.2 Å². The van der Waals surface area contributed by atoms with Crippen LogP contribution in [0.3, 0.4) is 0 Å². The summed E-state index contributed by atoms with van der Waals surface area (Å²) in [5.74, 6) is 0.838. The Labute approximate surface area is 132 Å². The molecule has 0 radical (unpaired) electrons. The van der Waals surface area contributed by atoms with Crippen LogP contribution in [-0.2, 0) is 4.74 Å². The minimum atomic E-state index is -0.497. The van der Waals surface area contributed by atoms with E-state index in [-0.39, 0.29) is 12.1 Å². The van der Waals surface area contributed by atoms with Gasteiger partial charge in [0.1, 0.15) is 11.4 Å². The lowest BCUT2D eigenvalue weighted by Gasteiger charge is -2.38. The molecule has 1 aromatic carbocycles. The van der Waals surface area contributed by atoms with Gasteiger partial charge in [0, 0.05) is 25.2 Å². The van der Waals surface area contributed by atoms with E-state index in [1.807, 2.05) is 45.9 Å². The number of carbonyl (C=O) groups is 1. The van der Waals surface area contributed by atoms with Gasteiger partial charge in [0.15, 0.2) is 0 Å². The molecule has 0 aromatic heterocycles. The number of carbonyl (C=O) groups excluding carboxylic acids is 1. The normalized spacial score (nSPS) is 19.0. The second kappa shape index (κ2) is 6.57. The molecule has 122 valence electrons. The van der Waals surface area contributed by atoms with Crippen molar-refractivity contribution in [1.82, 2.24) is 10.2 Å². The van der Waals surface area contributed by atoms with Crippen molar-refractivity contribution in [3.8, 4) is 5.75 Å². The zero-order chi connectivity index (χ0) is 16.3. The van der Waals surface area contributed by atoms with E-state index in [2.05, 4.69) is 5.32 Å². The molecule has 1 aliphatic heterocycles. The highest BCUT2D eigenvalue weighted by molar-refractivity contribution is 5.69. The van der Waals surface area contributed by atoms with Crippen LogP contribution in [0.2, 0.25) is 0 Å². The molecule has 1 atom stereocenters. The van der Waals surface area contributed by atoms with Gasteiger partial charge in [0.05, 0.1) is 13.2 Å². The Morgan fingerprint density at radius 2 is 2.09 bits per heavy atom. The Kier molecular flexibility index (Phi) is 4.96. The van der Waals surface area contributed by atoms with E-state index in [1.165, 1.54) is 0 Å². The first kappa shape index (κ1) is 16.6. The first-order valence-corrected chi connectivity index (χ1v) is 7.67. The van der Waals surface area contributed by atoms with E-state index >= 15 is 0 Å². The summed E-state index contributed by atoms with van der Waals surface area (Å²) in [4.78, 5) is 14.3. The lowest BCUT2D eigenvalue weighted by Crippen LogP contribution is -2.50. The lowest BCUT2D eigenvalue weighted by molar-refractivity contribution is 0.0116. The highest BCUT2D eigenvalue weighted by Crippen LogP contribution is 2.33. The third kappa shape index (κ3) is 3.71. The van der Waals surface area contributed by atoms with Gasteiger partial charge in [0.2, 0.25) is 0 Å². The number of piperazine rings is 1. The van der Waals surface area contributed by atoms with E-state index in [1.54, 1.807) is 12.0 Å². The maximum Gasteiger partial charge on any atom is 0.410 e. The number of hydrogen-bond acceptors (Lipinski definition) is 4. The standard InChI is InChI=1S/C17H26N2O3/c1-12-7-6-8-13(15(12)21-5)14-11-18-9-10-19(14)16(20)22-17(2,3)4/h6-8,14,18H,9-11H2,1-5H3. The van der Waals surface area contributed by atoms with Crippen molar-refractivity contribution in [2.75, 3.05) is 26.7 Å². The average molecular weight is 306 g/mol. The first-order chi connectivity index (χ1) is 10.3. The number of aryl methyl sites for hydroxylation is 1. The Morgan fingerprint density at radius 3 is 2.73 bits per heavy atom. The molecular weight excluding hydrogens is 280 g/mol. The van der Waals surface area contributed by atoms with Crippen molar-refractivity contribution >= 4 is 6.09 Å². The molecule has 0 saturated carbocycles. The maximum absolute atomic E-state index is 12.5. The molecule has 0 bridgehead atoms. The highest BCUT2D eigenvalue weighted by atomic mass is 16.6. The second-order valence-electron chi connectivity index (χ2n) is 6.59. The molecule has 2 rings (SSSR count). The Bertz CT molecular complexity index is 537. The molecule has 1 N–H and O–H groups in total. The summed E-state index contributed by atoms with van der Waals surface area (Å²) in [5, 5.41) is 3.35. The minimum absolute atomic E-state index is 0.0848. The van der Waals surface area contributed by atoms with Crippen molar-refractivity contribution < 1.29 is 14.3 Å². The number of benzene rings is 1. The van der Waals surface area contributed by atoms with Crippen LogP contribution in [-0.4, -0.2) is 43.3 Å². The van der Waals surface area contributed by atoms with Crippen LogP contribution in [0.4, 0.5) is 4.79 Å². The van der Waals surface area contributed by atoms with E-state index in [0.29, 0.717) is 13.1 Å². The van der Waals surface area contributed by atoms with Crippen LogP contribution in [0.25, 0.3) is 0 Å². The summed E-state index contributed by atoms with van der Waals surface area (Å²) in [6.07, 6.45) is -0.275. The number of nitrogens with zero attached hydrogens (tertiary/aromatic N) is 1. The largest absolute Gasteiger partial charge is 0.496 e. The maximum atomic E-state index is 12.5. The topological polar surface area (TPSA) is 50.8 Å². The Balaban J connectivity index is 2.31. The third-order valence-electron chi connectivity index (χ3n) is 3.68. The van der Waals surface area contributed by atoms with Crippen LogP contribution in [0, 0.1) is 6.92 Å². The fourth-order valence-electron chi connectivity index (χ4n) is 2.74. The van der Waals surface area contributed by atoms with Crippen LogP contribution in [0.5, 0.6) is 5.75 Å². The zero-order valence-corrected chi connectivity index (χ0v) is 14.1. The second-order valence-corrected chi connectivity index (χ2v) is 6.59. The van der Waals surface area contributed by atoms with Crippen molar-refractivity contribution in [2.45, 2.75) is 39.3 Å². The van der Waals surface area contributed by atoms with E-state index in [4.69, 9.17) is 9.47 Å². The van der Waals surface area contributed by atoms with Gasteiger partial charge in [-0.25, -0.2) is 4.79 Å². The number of ether oxygens (including phenoxy) is 2. The number of nitrogens with one attached hydrogen (secondary N) is 1. The molecule has 1 aliphatic rings. The van der Waals surface area contributed by atoms with Crippen LogP contribution >= 0.6 is 0 Å². The number of hydrogen-bond donors (Lipinski definition) is 1. The lowest BCUT2D eigenvalue weighted by atomic mass is 10.00. The molecule has 0 spiro atoms. The van der Waals surface area contributed by atoms with Gasteiger partial charge in [0.25, 0.3) is 0 Å². The smallest absolute Gasteiger partial charge is 0.410 e. The monoisotopic (exact) mass is 306 g/mol. The molecule has 1 unspecified atom stereocenters. The highest BCUT2D eigenvalue weighted by Gasteiger charge is 2.33. The van der Waals surface area contributed by atoms with E-state index < -0.39 is 5.60 Å². The Morgan fingerprint density at radius 1 is 1.36 bits per heavy atom. The molecule has 1 heterocycles.